The number of benzene rings is 2. The van der Waals surface area contributed by atoms with Crippen LogP contribution in [0.3, 0.4) is 0 Å². The van der Waals surface area contributed by atoms with Crippen molar-refractivity contribution in [3.05, 3.63) is 76.2 Å². The van der Waals surface area contributed by atoms with E-state index >= 15 is 0 Å². The Balaban J connectivity index is 1.68. The maximum atomic E-state index is 14.4. The summed E-state index contributed by atoms with van der Waals surface area (Å²) in [4.78, 5) is 2.33. The fourth-order valence-corrected chi connectivity index (χ4v) is 4.90. The quantitative estimate of drug-likeness (QED) is 0.680. The van der Waals surface area contributed by atoms with Crippen LogP contribution in [-0.2, 0) is 19.4 Å². The summed E-state index contributed by atoms with van der Waals surface area (Å²) in [6, 6.07) is 8.02. The maximum absolute atomic E-state index is 14.4. The molecule has 1 N–H and O–H groups in total. The first-order chi connectivity index (χ1) is 14.8. The second-order valence-corrected chi connectivity index (χ2v) is 8.71. The molecule has 2 unspecified atom stereocenters. The molecule has 0 spiro atoms. The van der Waals surface area contributed by atoms with Gasteiger partial charge in [0.1, 0.15) is 23.5 Å². The number of aliphatic hydroxyl groups is 1. The number of aliphatic hydroxyl groups excluding tert-OH is 1. The van der Waals surface area contributed by atoms with E-state index in [1.54, 1.807) is 16.8 Å². The van der Waals surface area contributed by atoms with Crippen LogP contribution in [0.1, 0.15) is 42.3 Å². The van der Waals surface area contributed by atoms with Crippen molar-refractivity contribution in [2.24, 2.45) is 0 Å². The van der Waals surface area contributed by atoms with Gasteiger partial charge in [0.15, 0.2) is 0 Å². The van der Waals surface area contributed by atoms with Crippen LogP contribution >= 0.6 is 0 Å². The summed E-state index contributed by atoms with van der Waals surface area (Å²) < 4.78 is 43.7. The Morgan fingerprint density at radius 2 is 1.77 bits per heavy atom. The maximum Gasteiger partial charge on any atom is 0.129 e. The van der Waals surface area contributed by atoms with E-state index in [1.165, 1.54) is 18.2 Å². The van der Waals surface area contributed by atoms with E-state index in [9.17, 15) is 18.3 Å². The average molecular weight is 427 g/mol. The van der Waals surface area contributed by atoms with E-state index in [4.69, 9.17) is 5.10 Å². The molecule has 7 heteroatoms. The summed E-state index contributed by atoms with van der Waals surface area (Å²) in [5.74, 6) is -1.63. The highest BCUT2D eigenvalue weighted by atomic mass is 19.1. The zero-order valence-electron chi connectivity index (χ0n) is 17.4. The largest absolute Gasteiger partial charge is 0.390 e. The van der Waals surface area contributed by atoms with Crippen molar-refractivity contribution >= 4 is 0 Å². The zero-order chi connectivity index (χ0) is 21.9. The van der Waals surface area contributed by atoms with Crippen molar-refractivity contribution in [1.29, 1.82) is 0 Å². The van der Waals surface area contributed by atoms with Crippen molar-refractivity contribution in [2.75, 3.05) is 6.54 Å². The topological polar surface area (TPSA) is 41.3 Å². The van der Waals surface area contributed by atoms with Crippen molar-refractivity contribution in [1.82, 2.24) is 14.7 Å². The molecule has 1 aromatic heterocycles. The number of halogens is 3. The fraction of sp³-hybridized carbons (Fsp3) is 0.375. The Hall–Kier alpha value is -2.64. The van der Waals surface area contributed by atoms with Crippen molar-refractivity contribution in [3.8, 4) is 11.3 Å². The average Bonchev–Trinajstić information content (AvgIpc) is 3.25. The van der Waals surface area contributed by atoms with Gasteiger partial charge in [0.2, 0.25) is 0 Å². The fourth-order valence-electron chi connectivity index (χ4n) is 4.90. The molecule has 0 radical (unpaired) electrons. The first kappa shape index (κ1) is 20.3. The Labute approximate surface area is 178 Å². The molecule has 0 saturated heterocycles. The molecular weight excluding hydrogens is 403 g/mol. The normalized spacial score (nSPS) is 20.9. The minimum Gasteiger partial charge on any atom is -0.390 e. The minimum absolute atomic E-state index is 0.116. The third-order valence-corrected chi connectivity index (χ3v) is 6.52. The van der Waals surface area contributed by atoms with E-state index < -0.39 is 23.8 Å². The first-order valence-corrected chi connectivity index (χ1v) is 10.6. The van der Waals surface area contributed by atoms with E-state index in [-0.39, 0.29) is 12.2 Å². The summed E-state index contributed by atoms with van der Waals surface area (Å²) in [6.45, 7) is 5.77. The van der Waals surface area contributed by atoms with Crippen LogP contribution < -0.4 is 0 Å². The monoisotopic (exact) mass is 427 g/mol. The molecule has 0 saturated carbocycles. The van der Waals surface area contributed by atoms with E-state index in [2.05, 4.69) is 18.7 Å². The third-order valence-electron chi connectivity index (χ3n) is 6.52. The molecule has 3 aromatic rings. The summed E-state index contributed by atoms with van der Waals surface area (Å²) >= 11 is 0. The van der Waals surface area contributed by atoms with Gasteiger partial charge in [-0.05, 0) is 55.3 Å². The molecule has 162 valence electrons. The molecule has 0 amide bonds. The van der Waals surface area contributed by atoms with Crippen LogP contribution in [0.15, 0.2) is 36.4 Å². The summed E-state index contributed by atoms with van der Waals surface area (Å²) in [6.07, 6.45) is -0.0810. The number of nitrogens with zero attached hydrogens (tertiary/aromatic N) is 3. The lowest BCUT2D eigenvalue weighted by Gasteiger charge is -2.31. The molecule has 31 heavy (non-hydrogen) atoms. The second-order valence-electron chi connectivity index (χ2n) is 8.71. The van der Waals surface area contributed by atoms with Gasteiger partial charge in [-0.1, -0.05) is 0 Å². The lowest BCUT2D eigenvalue weighted by Crippen LogP contribution is -2.37. The van der Waals surface area contributed by atoms with Gasteiger partial charge in [-0.3, -0.25) is 9.58 Å². The number of fused-ring (bicyclic) bond motifs is 2. The van der Waals surface area contributed by atoms with Crippen LogP contribution in [0.5, 0.6) is 0 Å². The van der Waals surface area contributed by atoms with Gasteiger partial charge in [-0.25, -0.2) is 13.2 Å². The molecular formula is C24H24F3N3O. The van der Waals surface area contributed by atoms with Crippen LogP contribution in [0.4, 0.5) is 13.2 Å². The zero-order valence-corrected chi connectivity index (χ0v) is 17.4. The second kappa shape index (κ2) is 7.50. The minimum atomic E-state index is -0.903. The van der Waals surface area contributed by atoms with Gasteiger partial charge >= 0.3 is 0 Å². The van der Waals surface area contributed by atoms with Gasteiger partial charge in [0, 0.05) is 54.9 Å². The highest BCUT2D eigenvalue weighted by Gasteiger charge is 2.39. The molecule has 0 bridgehead atoms. The van der Waals surface area contributed by atoms with Gasteiger partial charge in [-0.2, -0.15) is 5.10 Å². The molecule has 0 fully saturated rings. The van der Waals surface area contributed by atoms with E-state index in [0.29, 0.717) is 30.1 Å². The summed E-state index contributed by atoms with van der Waals surface area (Å²) in [5.41, 5.74) is 4.25. The van der Waals surface area contributed by atoms with Crippen molar-refractivity contribution in [2.45, 2.75) is 51.4 Å². The molecule has 2 atom stereocenters. The molecule has 4 nitrogen and oxygen atoms in total. The van der Waals surface area contributed by atoms with Crippen LogP contribution in [-0.4, -0.2) is 38.5 Å². The highest BCUT2D eigenvalue weighted by molar-refractivity contribution is 5.65. The summed E-state index contributed by atoms with van der Waals surface area (Å²) in [5, 5.41) is 15.7. The molecule has 5 rings (SSSR count). The first-order valence-electron chi connectivity index (χ1n) is 10.6. The van der Waals surface area contributed by atoms with Gasteiger partial charge in [0.05, 0.1) is 11.8 Å². The van der Waals surface area contributed by atoms with Crippen LogP contribution in [0.25, 0.3) is 11.3 Å². The summed E-state index contributed by atoms with van der Waals surface area (Å²) in [7, 11) is 0. The molecule has 1 aliphatic heterocycles. The van der Waals surface area contributed by atoms with Crippen LogP contribution in [0.2, 0.25) is 0 Å². The third kappa shape index (κ3) is 3.36. The SMILES string of the molecule is CC(C)N1CCc2c(c(-c3ccc(F)cc3)nn2C2c3cc(F)cc(F)c3CC2O)C1. The molecule has 1 aliphatic carbocycles. The molecule has 2 aliphatic rings. The van der Waals surface area contributed by atoms with Gasteiger partial charge < -0.3 is 5.11 Å². The number of rotatable bonds is 3. The van der Waals surface area contributed by atoms with Crippen molar-refractivity contribution in [3.63, 3.8) is 0 Å². The lowest BCUT2D eigenvalue weighted by molar-refractivity contribution is 0.134. The number of hydrogen-bond donors (Lipinski definition) is 1. The Morgan fingerprint density at radius 3 is 2.48 bits per heavy atom. The number of aromatic nitrogens is 2. The predicted molar refractivity (Wildman–Crippen MR) is 111 cm³/mol. The predicted octanol–water partition coefficient (Wildman–Crippen LogP) is 4.24. The number of hydrogen-bond acceptors (Lipinski definition) is 3. The Bertz CT molecular complexity index is 1140. The van der Waals surface area contributed by atoms with Gasteiger partial charge in [-0.15, -0.1) is 0 Å². The Morgan fingerprint density at radius 1 is 1.03 bits per heavy atom. The highest BCUT2D eigenvalue weighted by Crippen LogP contribution is 2.40. The Kier molecular flexibility index (Phi) is 4.90. The lowest BCUT2D eigenvalue weighted by atomic mass is 9.99. The molecule has 2 heterocycles. The van der Waals surface area contributed by atoms with E-state index in [0.717, 1.165) is 35.1 Å². The van der Waals surface area contributed by atoms with E-state index in [1.807, 2.05) is 0 Å². The standard InChI is InChI=1S/C24H24F3N3O/c1-13(2)29-8-7-21-19(12-29)23(14-3-5-15(25)6-4-14)28-30(21)24-18-9-16(26)10-20(27)17(18)11-22(24)31/h3-6,9-10,13,22,24,31H,7-8,11-12H2,1-2H3. The van der Waals surface area contributed by atoms with Crippen LogP contribution in [0, 0.1) is 17.5 Å². The van der Waals surface area contributed by atoms with Gasteiger partial charge in [0.25, 0.3) is 0 Å². The smallest absolute Gasteiger partial charge is 0.129 e. The van der Waals surface area contributed by atoms with Crippen molar-refractivity contribution < 1.29 is 18.3 Å². The molecule has 2 aromatic carbocycles.